The largest absolute Gasteiger partial charge is 0.432 e. The first-order valence-electron chi connectivity index (χ1n) is 18.2. The quantitative estimate of drug-likeness (QED) is 0.0772. The normalized spacial score (nSPS) is 28.7. The molecule has 18 heteroatoms. The number of amides is 3. The average Bonchev–Trinajstić information content (AvgIpc) is 3.58. The van der Waals surface area contributed by atoms with Crippen molar-refractivity contribution in [3.8, 4) is 0 Å². The van der Waals surface area contributed by atoms with Gasteiger partial charge in [0.2, 0.25) is 5.91 Å². The first-order valence-corrected chi connectivity index (χ1v) is 21.2. The van der Waals surface area contributed by atoms with E-state index in [-0.39, 0.29) is 55.5 Å². The molecular formula is C38H46N4O13Si. The Morgan fingerprint density at radius 1 is 0.982 bits per heavy atom. The fraction of sp³-hybridized carbons (Fsp3) is 0.447. The third-order valence-corrected chi connectivity index (χ3v) is 13.4. The minimum absolute atomic E-state index is 0.0360. The smallest absolute Gasteiger partial charge is 0.269 e. The molecule has 0 aliphatic carbocycles. The highest BCUT2D eigenvalue weighted by atomic mass is 28.4. The maximum absolute atomic E-state index is 14.9. The van der Waals surface area contributed by atoms with Gasteiger partial charge in [-0.3, -0.25) is 24.5 Å². The molecule has 0 aromatic heterocycles. The van der Waals surface area contributed by atoms with Gasteiger partial charge >= 0.3 is 0 Å². The van der Waals surface area contributed by atoms with Gasteiger partial charge in [-0.05, 0) is 42.4 Å². The second-order valence-corrected chi connectivity index (χ2v) is 19.0. The number of hydrogen-bond acceptors (Lipinski definition) is 13. The SMILES string of the molecule is C[C@H]1[C@H]([Si](C)(C)O)[C@@H](CC(=O)N(CCO)Cc2ccccc2)O[C@]12C(=O)N(Cc1cccc(NC(=O)[C@H]3O[C@@H](O)[C@H](O)[C@@H](O)[C@@H]3O)c1)c1ccc([N+](=O)[O-])cc12. The molecule has 9 atom stereocenters. The molecule has 2 fully saturated rings. The van der Waals surface area contributed by atoms with E-state index in [9.17, 15) is 54.8 Å². The van der Waals surface area contributed by atoms with Gasteiger partial charge in [0, 0.05) is 47.9 Å². The van der Waals surface area contributed by atoms with Crippen molar-refractivity contribution in [2.24, 2.45) is 5.92 Å². The first-order chi connectivity index (χ1) is 26.5. The zero-order chi connectivity index (χ0) is 40.7. The van der Waals surface area contributed by atoms with Crippen LogP contribution in [0.2, 0.25) is 18.6 Å². The van der Waals surface area contributed by atoms with Gasteiger partial charge in [-0.15, -0.1) is 0 Å². The molecule has 56 heavy (non-hydrogen) atoms. The van der Waals surface area contributed by atoms with E-state index in [1.807, 2.05) is 30.3 Å². The monoisotopic (exact) mass is 794 g/mol. The zero-order valence-electron chi connectivity index (χ0n) is 31.0. The maximum Gasteiger partial charge on any atom is 0.269 e. The molecule has 0 saturated carbocycles. The zero-order valence-corrected chi connectivity index (χ0v) is 32.0. The van der Waals surface area contributed by atoms with E-state index in [1.165, 1.54) is 40.1 Å². The van der Waals surface area contributed by atoms with Crippen molar-refractivity contribution in [1.29, 1.82) is 0 Å². The molecular weight excluding hydrogens is 749 g/mol. The highest BCUT2D eigenvalue weighted by Gasteiger charge is 2.66. The molecule has 3 amide bonds. The van der Waals surface area contributed by atoms with Gasteiger partial charge in [-0.2, -0.15) is 0 Å². The molecule has 0 radical (unpaired) electrons. The molecule has 17 nitrogen and oxygen atoms in total. The number of hydrogen-bond donors (Lipinski definition) is 7. The predicted octanol–water partition coefficient (Wildman–Crippen LogP) is 1.09. The molecule has 0 bridgehead atoms. The lowest BCUT2D eigenvalue weighted by Gasteiger charge is -2.37. The van der Waals surface area contributed by atoms with Crippen LogP contribution in [0.1, 0.15) is 30.0 Å². The van der Waals surface area contributed by atoms with Crippen LogP contribution in [0.4, 0.5) is 17.1 Å². The van der Waals surface area contributed by atoms with Crippen LogP contribution in [0.25, 0.3) is 0 Å². The van der Waals surface area contributed by atoms with Crippen molar-refractivity contribution in [2.75, 3.05) is 23.4 Å². The molecule has 3 aliphatic rings. The van der Waals surface area contributed by atoms with Crippen molar-refractivity contribution in [1.82, 2.24) is 4.90 Å². The standard InChI is InChI=1S/C38H46N4O13Si/c1-21-34(56(2,3)53)28(18-29(44)40(14-15-43)19-22-8-5-4-6-9-22)55-38(21)26-17-25(42(51)52)12-13-27(26)41(37(38)50)20-23-10-7-11-24(16-23)39-35(48)33-31(46)30(45)32(47)36(49)54-33/h4-13,16-17,21,28,30-34,36,43,45-47,49,53H,14-15,18-20H2,1-3H3,(H,39,48)/t21-,28+,30-,31-,32+,33-,34-,36+,38+/m0/s1. The van der Waals surface area contributed by atoms with E-state index in [2.05, 4.69) is 5.32 Å². The van der Waals surface area contributed by atoms with Gasteiger partial charge in [0.25, 0.3) is 17.5 Å². The fourth-order valence-electron chi connectivity index (χ4n) is 8.27. The summed E-state index contributed by atoms with van der Waals surface area (Å²) in [6, 6.07) is 19.5. The van der Waals surface area contributed by atoms with Crippen LogP contribution in [0.5, 0.6) is 0 Å². The van der Waals surface area contributed by atoms with Gasteiger partial charge in [-0.1, -0.05) is 49.4 Å². The van der Waals surface area contributed by atoms with Gasteiger partial charge in [0.15, 0.2) is 26.3 Å². The van der Waals surface area contributed by atoms with E-state index < -0.39 is 78.9 Å². The lowest BCUT2D eigenvalue weighted by molar-refractivity contribution is -0.385. The van der Waals surface area contributed by atoms with Crippen LogP contribution in [0.15, 0.2) is 72.8 Å². The Morgan fingerprint density at radius 2 is 1.68 bits per heavy atom. The van der Waals surface area contributed by atoms with Crippen LogP contribution in [0.3, 0.4) is 0 Å². The maximum atomic E-state index is 14.9. The molecule has 7 N–H and O–H groups in total. The summed E-state index contributed by atoms with van der Waals surface area (Å²) in [4.78, 5) is 67.9. The number of fused-ring (bicyclic) bond motifs is 2. The number of ether oxygens (including phenoxy) is 2. The summed E-state index contributed by atoms with van der Waals surface area (Å²) in [5.74, 6) is -2.61. The predicted molar refractivity (Wildman–Crippen MR) is 201 cm³/mol. The van der Waals surface area contributed by atoms with Crippen molar-refractivity contribution in [2.45, 2.75) is 87.5 Å². The minimum atomic E-state index is -3.24. The average molecular weight is 795 g/mol. The lowest BCUT2D eigenvalue weighted by atomic mass is 9.82. The first kappa shape index (κ1) is 41.0. The Kier molecular flexibility index (Phi) is 11.8. The number of carbonyl (C=O) groups is 3. The summed E-state index contributed by atoms with van der Waals surface area (Å²) in [5, 5.41) is 64.4. The van der Waals surface area contributed by atoms with Crippen molar-refractivity contribution >= 4 is 43.1 Å². The number of non-ortho nitro benzene ring substituents is 1. The highest BCUT2D eigenvalue weighted by Crippen LogP contribution is 2.60. The summed E-state index contributed by atoms with van der Waals surface area (Å²) in [6.07, 6.45) is -10.4. The van der Waals surface area contributed by atoms with Crippen molar-refractivity contribution in [3.05, 3.63) is 99.6 Å². The number of rotatable bonds is 12. The summed E-state index contributed by atoms with van der Waals surface area (Å²) in [6.45, 7) is 4.97. The van der Waals surface area contributed by atoms with Crippen molar-refractivity contribution < 1.29 is 59.1 Å². The number of benzene rings is 3. The molecule has 3 heterocycles. The van der Waals surface area contributed by atoms with Crippen LogP contribution < -0.4 is 10.2 Å². The van der Waals surface area contributed by atoms with E-state index in [4.69, 9.17) is 9.47 Å². The Labute approximate surface area is 323 Å². The van der Waals surface area contributed by atoms with E-state index in [1.54, 1.807) is 32.2 Å². The van der Waals surface area contributed by atoms with Gasteiger partial charge in [0.05, 0.1) is 36.3 Å². The number of aliphatic hydroxyl groups is 5. The van der Waals surface area contributed by atoms with Crippen LogP contribution in [-0.4, -0.2) is 116 Å². The molecule has 2 saturated heterocycles. The van der Waals surface area contributed by atoms with E-state index in [0.29, 0.717) is 11.3 Å². The van der Waals surface area contributed by atoms with Gasteiger partial charge in [0.1, 0.15) is 18.3 Å². The van der Waals surface area contributed by atoms with Crippen LogP contribution >= 0.6 is 0 Å². The molecule has 3 aromatic carbocycles. The number of nitrogens with one attached hydrogen (secondary N) is 1. The fourth-order valence-corrected chi connectivity index (χ4v) is 10.8. The van der Waals surface area contributed by atoms with Crippen LogP contribution in [-0.2, 0) is 42.5 Å². The van der Waals surface area contributed by atoms with E-state index >= 15 is 0 Å². The minimum Gasteiger partial charge on any atom is -0.432 e. The molecule has 6 rings (SSSR count). The molecule has 1 spiro atoms. The topological polar surface area (TPSA) is 253 Å². The third kappa shape index (κ3) is 7.71. The summed E-state index contributed by atoms with van der Waals surface area (Å²) < 4.78 is 11.8. The number of nitro benzene ring substituents is 1. The Bertz CT molecular complexity index is 1960. The summed E-state index contributed by atoms with van der Waals surface area (Å²) in [7, 11) is -3.24. The van der Waals surface area contributed by atoms with E-state index in [0.717, 1.165) is 5.56 Å². The Balaban J connectivity index is 1.31. The van der Waals surface area contributed by atoms with Crippen LogP contribution in [0, 0.1) is 16.0 Å². The van der Waals surface area contributed by atoms with Crippen molar-refractivity contribution in [3.63, 3.8) is 0 Å². The highest BCUT2D eigenvalue weighted by molar-refractivity contribution is 6.71. The number of anilines is 2. The second-order valence-electron chi connectivity index (χ2n) is 15.0. The van der Waals surface area contributed by atoms with Gasteiger partial charge in [-0.25, -0.2) is 0 Å². The number of nitro groups is 1. The lowest BCUT2D eigenvalue weighted by Crippen LogP contribution is -2.60. The number of aliphatic hydroxyl groups excluding tert-OH is 5. The number of nitrogens with zero attached hydrogens (tertiary/aromatic N) is 3. The Morgan fingerprint density at radius 3 is 2.34 bits per heavy atom. The summed E-state index contributed by atoms with van der Waals surface area (Å²) in [5.41, 5.74) is -0.734. The molecule has 3 aromatic rings. The Hall–Kier alpha value is -4.63. The molecule has 0 unspecified atom stereocenters. The molecule has 3 aliphatic heterocycles. The van der Waals surface area contributed by atoms with Gasteiger partial charge < -0.3 is 54.9 Å². The molecule has 300 valence electrons. The second kappa shape index (κ2) is 16.1. The third-order valence-electron chi connectivity index (χ3n) is 10.9. The number of carbonyl (C=O) groups excluding carboxylic acids is 3. The summed E-state index contributed by atoms with van der Waals surface area (Å²) >= 11 is 0.